The van der Waals surface area contributed by atoms with Gasteiger partial charge in [-0.1, -0.05) is 67.4 Å². The summed E-state index contributed by atoms with van der Waals surface area (Å²) >= 11 is 0. The Balaban J connectivity index is 2.35. The smallest absolute Gasteiger partial charge is 0.193 e. The highest BCUT2D eigenvalue weighted by Gasteiger charge is 2.16. The second kappa shape index (κ2) is 7.69. The van der Waals surface area contributed by atoms with Gasteiger partial charge in [0.1, 0.15) is 6.29 Å². The number of hydrogen-bond donors (Lipinski definition) is 0. The highest BCUT2D eigenvalue weighted by Crippen LogP contribution is 2.22. The van der Waals surface area contributed by atoms with Gasteiger partial charge >= 0.3 is 0 Å². The summed E-state index contributed by atoms with van der Waals surface area (Å²) in [4.78, 5) is 23.5. The van der Waals surface area contributed by atoms with Crippen LogP contribution in [0.3, 0.4) is 0 Å². The molecule has 114 valence electrons. The van der Waals surface area contributed by atoms with Crippen molar-refractivity contribution in [3.05, 3.63) is 70.8 Å². The van der Waals surface area contributed by atoms with Crippen LogP contribution in [0.2, 0.25) is 0 Å². The third-order valence-corrected chi connectivity index (χ3v) is 4.06. The molecule has 0 bridgehead atoms. The summed E-state index contributed by atoms with van der Waals surface area (Å²) in [5, 5.41) is 0. The summed E-state index contributed by atoms with van der Waals surface area (Å²) in [7, 11) is 0. The average Bonchev–Trinajstić information content (AvgIpc) is 2.55. The molecule has 0 saturated heterocycles. The molecule has 2 aromatic rings. The fourth-order valence-electron chi connectivity index (χ4n) is 2.70. The van der Waals surface area contributed by atoms with E-state index in [-0.39, 0.29) is 5.78 Å². The van der Waals surface area contributed by atoms with Crippen LogP contribution in [-0.4, -0.2) is 12.1 Å². The predicted octanol–water partition coefficient (Wildman–Crippen LogP) is 4.38. The molecule has 0 saturated carbocycles. The summed E-state index contributed by atoms with van der Waals surface area (Å²) in [6.45, 7) is 4.11. The monoisotopic (exact) mass is 294 g/mol. The number of carbonyl (C=O) groups is 2. The van der Waals surface area contributed by atoms with Gasteiger partial charge in [0.15, 0.2) is 5.78 Å². The van der Waals surface area contributed by atoms with Crippen molar-refractivity contribution >= 4 is 12.1 Å². The van der Waals surface area contributed by atoms with Crippen LogP contribution in [0.5, 0.6) is 0 Å². The topological polar surface area (TPSA) is 34.1 Å². The molecule has 0 radical (unpaired) electrons. The van der Waals surface area contributed by atoms with Crippen molar-refractivity contribution in [2.75, 3.05) is 0 Å². The van der Waals surface area contributed by atoms with E-state index in [2.05, 4.69) is 13.0 Å². The molecule has 0 aliphatic carbocycles. The quantitative estimate of drug-likeness (QED) is 0.561. The van der Waals surface area contributed by atoms with Crippen molar-refractivity contribution in [3.63, 3.8) is 0 Å². The fourth-order valence-corrected chi connectivity index (χ4v) is 2.70. The Bertz CT molecular complexity index is 644. The number of aldehydes is 1. The number of benzene rings is 2. The van der Waals surface area contributed by atoms with Gasteiger partial charge in [-0.25, -0.2) is 0 Å². The van der Waals surface area contributed by atoms with Gasteiger partial charge in [0.05, 0.1) is 0 Å². The van der Waals surface area contributed by atoms with Gasteiger partial charge < -0.3 is 4.79 Å². The van der Waals surface area contributed by atoms with Gasteiger partial charge in [-0.15, -0.1) is 0 Å². The van der Waals surface area contributed by atoms with Gasteiger partial charge in [-0.3, -0.25) is 4.79 Å². The number of ketones is 1. The minimum absolute atomic E-state index is 0.0524. The highest BCUT2D eigenvalue weighted by molar-refractivity contribution is 6.09. The molecule has 0 heterocycles. The van der Waals surface area contributed by atoms with Crippen molar-refractivity contribution in [3.8, 4) is 0 Å². The van der Waals surface area contributed by atoms with Gasteiger partial charge in [-0.2, -0.15) is 0 Å². The standard InChI is InChI=1S/C20H22O2/c1-3-16(11-12-21)14-18-13-15(2)9-10-19(18)20(22)17-7-5-4-6-8-17/h4-10,12-13,16H,3,11,14H2,1-2H3/t16-/m1/s1. The maximum Gasteiger partial charge on any atom is 0.193 e. The van der Waals surface area contributed by atoms with Gasteiger partial charge in [0, 0.05) is 17.5 Å². The Kier molecular flexibility index (Phi) is 5.65. The first-order valence-corrected chi connectivity index (χ1v) is 7.78. The zero-order valence-electron chi connectivity index (χ0n) is 13.2. The van der Waals surface area contributed by atoms with Crippen LogP contribution in [0, 0.1) is 12.8 Å². The molecule has 0 N–H and O–H groups in total. The third kappa shape index (κ3) is 3.91. The molecule has 0 fully saturated rings. The summed E-state index contributed by atoms with van der Waals surface area (Å²) < 4.78 is 0. The van der Waals surface area contributed by atoms with Crippen LogP contribution in [-0.2, 0) is 11.2 Å². The molecular weight excluding hydrogens is 272 g/mol. The van der Waals surface area contributed by atoms with E-state index in [1.807, 2.05) is 49.4 Å². The lowest BCUT2D eigenvalue weighted by atomic mass is 9.88. The second-order valence-corrected chi connectivity index (χ2v) is 5.74. The van der Waals surface area contributed by atoms with E-state index in [9.17, 15) is 9.59 Å². The van der Waals surface area contributed by atoms with Crippen molar-refractivity contribution in [1.29, 1.82) is 0 Å². The molecule has 2 rings (SSSR count). The van der Waals surface area contributed by atoms with Crippen molar-refractivity contribution in [1.82, 2.24) is 0 Å². The number of aryl methyl sites for hydroxylation is 1. The summed E-state index contributed by atoms with van der Waals surface area (Å²) in [5.41, 5.74) is 3.64. The van der Waals surface area contributed by atoms with E-state index >= 15 is 0 Å². The molecule has 0 aromatic heterocycles. The number of hydrogen-bond acceptors (Lipinski definition) is 2. The van der Waals surface area contributed by atoms with Crippen molar-refractivity contribution < 1.29 is 9.59 Å². The Morgan fingerprint density at radius 3 is 2.50 bits per heavy atom. The van der Waals surface area contributed by atoms with Gasteiger partial charge in [0.25, 0.3) is 0 Å². The van der Waals surface area contributed by atoms with Gasteiger partial charge in [0.2, 0.25) is 0 Å². The summed E-state index contributed by atoms with van der Waals surface area (Å²) in [6, 6.07) is 15.3. The van der Waals surface area contributed by atoms with E-state index in [1.54, 1.807) is 0 Å². The third-order valence-electron chi connectivity index (χ3n) is 4.06. The zero-order chi connectivity index (χ0) is 15.9. The van der Waals surface area contributed by atoms with Crippen molar-refractivity contribution in [2.24, 2.45) is 5.92 Å². The van der Waals surface area contributed by atoms with E-state index in [0.717, 1.165) is 35.8 Å². The molecular formula is C20H22O2. The second-order valence-electron chi connectivity index (χ2n) is 5.74. The van der Waals surface area contributed by atoms with E-state index in [1.165, 1.54) is 0 Å². The minimum atomic E-state index is 0.0524. The first kappa shape index (κ1) is 16.2. The van der Waals surface area contributed by atoms with Crippen LogP contribution in [0.4, 0.5) is 0 Å². The zero-order valence-corrected chi connectivity index (χ0v) is 13.2. The summed E-state index contributed by atoms with van der Waals surface area (Å²) in [6.07, 6.45) is 3.22. The lowest BCUT2D eigenvalue weighted by Gasteiger charge is -2.15. The van der Waals surface area contributed by atoms with E-state index in [4.69, 9.17) is 0 Å². The number of carbonyl (C=O) groups excluding carboxylic acids is 2. The lowest BCUT2D eigenvalue weighted by Crippen LogP contribution is -2.11. The fraction of sp³-hybridized carbons (Fsp3) is 0.300. The molecule has 0 aliphatic rings. The summed E-state index contributed by atoms with van der Waals surface area (Å²) in [5.74, 6) is 0.346. The normalized spacial score (nSPS) is 11.9. The molecule has 2 aromatic carbocycles. The maximum absolute atomic E-state index is 12.7. The van der Waals surface area contributed by atoms with Crippen LogP contribution in [0.15, 0.2) is 48.5 Å². The molecule has 2 nitrogen and oxygen atoms in total. The Morgan fingerprint density at radius 1 is 1.14 bits per heavy atom. The van der Waals surface area contributed by atoms with Crippen LogP contribution >= 0.6 is 0 Å². The predicted molar refractivity (Wildman–Crippen MR) is 89.2 cm³/mol. The van der Waals surface area contributed by atoms with Crippen molar-refractivity contribution in [2.45, 2.75) is 33.1 Å². The lowest BCUT2D eigenvalue weighted by molar-refractivity contribution is -0.108. The largest absolute Gasteiger partial charge is 0.303 e. The van der Waals surface area contributed by atoms with E-state index in [0.29, 0.717) is 17.9 Å². The number of rotatable bonds is 7. The minimum Gasteiger partial charge on any atom is -0.303 e. The van der Waals surface area contributed by atoms with E-state index < -0.39 is 0 Å². The first-order chi connectivity index (χ1) is 10.7. The molecule has 0 unspecified atom stereocenters. The van der Waals surface area contributed by atoms with Crippen LogP contribution in [0.25, 0.3) is 0 Å². The van der Waals surface area contributed by atoms with Crippen LogP contribution < -0.4 is 0 Å². The molecule has 0 aliphatic heterocycles. The highest BCUT2D eigenvalue weighted by atomic mass is 16.1. The molecule has 0 spiro atoms. The van der Waals surface area contributed by atoms with Gasteiger partial charge in [-0.05, 0) is 24.8 Å². The molecule has 0 amide bonds. The molecule has 22 heavy (non-hydrogen) atoms. The maximum atomic E-state index is 12.7. The molecule has 2 heteroatoms. The Labute approximate surface area is 132 Å². The Morgan fingerprint density at radius 2 is 1.86 bits per heavy atom. The molecule has 1 atom stereocenters. The average molecular weight is 294 g/mol. The SMILES string of the molecule is CC[C@H](CC=O)Cc1cc(C)ccc1C(=O)c1ccccc1. The Hall–Kier alpha value is -2.22. The van der Waals surface area contributed by atoms with Crippen LogP contribution in [0.1, 0.15) is 46.8 Å². The first-order valence-electron chi connectivity index (χ1n) is 7.78.